The molecule has 1 heterocycles. The molecule has 21 heavy (non-hydrogen) atoms. The van der Waals surface area contributed by atoms with Crippen LogP contribution in [0.1, 0.15) is 36.7 Å². The molecule has 0 bridgehead atoms. The van der Waals surface area contributed by atoms with Crippen molar-refractivity contribution in [3.8, 4) is 0 Å². The second-order valence-electron chi connectivity index (χ2n) is 5.14. The number of rotatable bonds is 4. The van der Waals surface area contributed by atoms with Crippen LogP contribution in [0.3, 0.4) is 0 Å². The summed E-state index contributed by atoms with van der Waals surface area (Å²) < 4.78 is 30.7. The van der Waals surface area contributed by atoms with E-state index in [1.807, 2.05) is 0 Å². The van der Waals surface area contributed by atoms with Gasteiger partial charge >= 0.3 is 0 Å². The fourth-order valence-electron chi connectivity index (χ4n) is 2.35. The van der Waals surface area contributed by atoms with E-state index in [4.69, 9.17) is 0 Å². The molecule has 1 aromatic carbocycles. The Bertz CT molecular complexity index is 660. The maximum absolute atomic E-state index is 13.2. The lowest BCUT2D eigenvalue weighted by atomic mass is 10.1. The van der Waals surface area contributed by atoms with Gasteiger partial charge in [-0.15, -0.1) is 0 Å². The second-order valence-corrected chi connectivity index (χ2v) is 5.14. The first-order chi connectivity index (χ1) is 10.1. The summed E-state index contributed by atoms with van der Waals surface area (Å²) in [6, 6.07) is 3.39. The molecule has 7 heteroatoms. The fraction of sp³-hybridized carbons (Fsp3) is 0.357. The van der Waals surface area contributed by atoms with Gasteiger partial charge in [-0.2, -0.15) is 4.98 Å². The van der Waals surface area contributed by atoms with Crippen molar-refractivity contribution in [2.45, 2.75) is 25.3 Å². The summed E-state index contributed by atoms with van der Waals surface area (Å²) in [6.07, 6.45) is 1.81. The molecule has 3 unspecified atom stereocenters. The lowest BCUT2D eigenvalue weighted by molar-refractivity contribution is -0.123. The van der Waals surface area contributed by atoms with Gasteiger partial charge in [0.2, 0.25) is 12.3 Å². The highest BCUT2D eigenvalue weighted by atomic mass is 19.2. The van der Waals surface area contributed by atoms with Gasteiger partial charge in [-0.05, 0) is 37.0 Å². The minimum Gasteiger partial charge on any atom is -0.346 e. The number of amides is 1. The molecular formula is C14H13F2N3O2. The standard InChI is InChI=1S/C14H13F2N3O2/c1-7(13-17-6-21-19-13)18-14(20)10-5-9(10)8-2-3-11(15)12(16)4-8/h2-4,6-7,9-10H,5H2,1H3,(H,18,20). The number of halogens is 2. The zero-order valence-electron chi connectivity index (χ0n) is 11.2. The van der Waals surface area contributed by atoms with E-state index in [-0.39, 0.29) is 23.8 Å². The molecule has 1 saturated carbocycles. The van der Waals surface area contributed by atoms with Gasteiger partial charge in [0.05, 0.1) is 6.04 Å². The number of hydrogen-bond acceptors (Lipinski definition) is 4. The quantitative estimate of drug-likeness (QED) is 0.939. The van der Waals surface area contributed by atoms with Gasteiger partial charge in [-0.25, -0.2) is 8.78 Å². The predicted octanol–water partition coefficient (Wildman–Crippen LogP) is 2.33. The van der Waals surface area contributed by atoms with Crippen LogP contribution >= 0.6 is 0 Å². The van der Waals surface area contributed by atoms with Crippen LogP contribution in [-0.4, -0.2) is 16.0 Å². The van der Waals surface area contributed by atoms with Gasteiger partial charge < -0.3 is 9.84 Å². The van der Waals surface area contributed by atoms with Gasteiger partial charge in [0.1, 0.15) is 0 Å². The smallest absolute Gasteiger partial charge is 0.224 e. The summed E-state index contributed by atoms with van der Waals surface area (Å²) >= 11 is 0. The number of carbonyl (C=O) groups is 1. The molecule has 1 aliphatic rings. The Balaban J connectivity index is 1.62. The fourth-order valence-corrected chi connectivity index (χ4v) is 2.35. The van der Waals surface area contributed by atoms with Crippen LogP contribution in [0.5, 0.6) is 0 Å². The predicted molar refractivity (Wildman–Crippen MR) is 68.1 cm³/mol. The average Bonchev–Trinajstić information content (AvgIpc) is 3.06. The Morgan fingerprint density at radius 1 is 1.43 bits per heavy atom. The number of nitrogens with zero attached hydrogens (tertiary/aromatic N) is 2. The number of benzene rings is 1. The molecule has 0 radical (unpaired) electrons. The third-order valence-corrected chi connectivity index (χ3v) is 3.62. The molecule has 1 aromatic heterocycles. The van der Waals surface area contributed by atoms with Crippen molar-refractivity contribution >= 4 is 5.91 Å². The monoisotopic (exact) mass is 293 g/mol. The lowest BCUT2D eigenvalue weighted by Gasteiger charge is -2.09. The highest BCUT2D eigenvalue weighted by Crippen LogP contribution is 2.47. The van der Waals surface area contributed by atoms with Crippen LogP contribution in [0.15, 0.2) is 29.1 Å². The third kappa shape index (κ3) is 2.76. The van der Waals surface area contributed by atoms with E-state index in [1.54, 1.807) is 6.92 Å². The maximum Gasteiger partial charge on any atom is 0.224 e. The van der Waals surface area contributed by atoms with E-state index in [0.717, 1.165) is 12.1 Å². The first kappa shape index (κ1) is 13.7. The van der Waals surface area contributed by atoms with E-state index < -0.39 is 11.6 Å². The molecule has 0 spiro atoms. The molecule has 1 N–H and O–H groups in total. The Morgan fingerprint density at radius 3 is 2.90 bits per heavy atom. The molecule has 1 aliphatic carbocycles. The SMILES string of the molecule is CC(NC(=O)C1CC1c1ccc(F)c(F)c1)c1ncon1. The van der Waals surface area contributed by atoms with Gasteiger partial charge in [0.15, 0.2) is 17.5 Å². The van der Waals surface area contributed by atoms with E-state index in [9.17, 15) is 13.6 Å². The topological polar surface area (TPSA) is 68.0 Å². The first-order valence-electron chi connectivity index (χ1n) is 6.58. The van der Waals surface area contributed by atoms with Crippen molar-refractivity contribution < 1.29 is 18.1 Å². The number of hydrogen-bond donors (Lipinski definition) is 1. The molecule has 3 atom stereocenters. The van der Waals surface area contributed by atoms with Crippen LogP contribution in [0.4, 0.5) is 8.78 Å². The summed E-state index contributed by atoms with van der Waals surface area (Å²) in [5.74, 6) is -1.83. The van der Waals surface area contributed by atoms with Crippen LogP contribution in [0.2, 0.25) is 0 Å². The highest BCUT2D eigenvalue weighted by molar-refractivity contribution is 5.83. The van der Waals surface area contributed by atoms with Gasteiger partial charge in [-0.3, -0.25) is 4.79 Å². The molecule has 0 aliphatic heterocycles. The van der Waals surface area contributed by atoms with Crippen LogP contribution < -0.4 is 5.32 Å². The molecule has 0 saturated heterocycles. The Labute approximate surface area is 119 Å². The molecule has 3 rings (SSSR count). The van der Waals surface area contributed by atoms with Crippen molar-refractivity contribution in [1.29, 1.82) is 0 Å². The van der Waals surface area contributed by atoms with Crippen molar-refractivity contribution in [3.05, 3.63) is 47.6 Å². The summed E-state index contributed by atoms with van der Waals surface area (Å²) in [5, 5.41) is 6.43. The van der Waals surface area contributed by atoms with Crippen molar-refractivity contribution in [1.82, 2.24) is 15.5 Å². The largest absolute Gasteiger partial charge is 0.346 e. The third-order valence-electron chi connectivity index (χ3n) is 3.62. The zero-order chi connectivity index (χ0) is 15.0. The summed E-state index contributed by atoms with van der Waals surface area (Å²) in [5.41, 5.74) is 0.640. The van der Waals surface area contributed by atoms with E-state index >= 15 is 0 Å². The minimum atomic E-state index is -0.890. The number of nitrogens with one attached hydrogen (secondary N) is 1. The molecule has 1 amide bonds. The first-order valence-corrected chi connectivity index (χ1v) is 6.58. The summed E-state index contributed by atoms with van der Waals surface area (Å²) in [4.78, 5) is 15.9. The van der Waals surface area contributed by atoms with E-state index in [2.05, 4.69) is 20.0 Å². The van der Waals surface area contributed by atoms with Gasteiger partial charge in [0.25, 0.3) is 0 Å². The van der Waals surface area contributed by atoms with Crippen molar-refractivity contribution in [2.75, 3.05) is 0 Å². The Hall–Kier alpha value is -2.31. The van der Waals surface area contributed by atoms with Crippen LogP contribution in [0.25, 0.3) is 0 Å². The molecule has 2 aromatic rings. The Kier molecular flexibility index (Phi) is 3.40. The van der Waals surface area contributed by atoms with Crippen molar-refractivity contribution in [3.63, 3.8) is 0 Å². The number of carbonyl (C=O) groups excluding carboxylic acids is 1. The maximum atomic E-state index is 13.2. The van der Waals surface area contributed by atoms with Crippen LogP contribution in [0, 0.1) is 17.6 Å². The van der Waals surface area contributed by atoms with Gasteiger partial charge in [0, 0.05) is 5.92 Å². The summed E-state index contributed by atoms with van der Waals surface area (Å²) in [6.45, 7) is 1.75. The molecular weight excluding hydrogens is 280 g/mol. The Morgan fingerprint density at radius 2 is 2.24 bits per heavy atom. The lowest BCUT2D eigenvalue weighted by Crippen LogP contribution is -2.29. The van der Waals surface area contributed by atoms with Gasteiger partial charge in [-0.1, -0.05) is 11.2 Å². The minimum absolute atomic E-state index is 0.0717. The second kappa shape index (κ2) is 5.23. The van der Waals surface area contributed by atoms with E-state index in [0.29, 0.717) is 17.8 Å². The normalized spacial score (nSPS) is 21.9. The molecule has 110 valence electrons. The van der Waals surface area contributed by atoms with Crippen LogP contribution in [-0.2, 0) is 4.79 Å². The number of aromatic nitrogens is 2. The van der Waals surface area contributed by atoms with E-state index in [1.165, 1.54) is 12.5 Å². The average molecular weight is 293 g/mol. The molecule has 1 fully saturated rings. The molecule has 5 nitrogen and oxygen atoms in total. The summed E-state index contributed by atoms with van der Waals surface area (Å²) in [7, 11) is 0. The highest BCUT2D eigenvalue weighted by Gasteiger charge is 2.44. The van der Waals surface area contributed by atoms with Crippen molar-refractivity contribution in [2.24, 2.45) is 5.92 Å². The zero-order valence-corrected chi connectivity index (χ0v) is 11.2.